The summed E-state index contributed by atoms with van der Waals surface area (Å²) in [6.45, 7) is 2.53. The number of amides is 1. The predicted octanol–water partition coefficient (Wildman–Crippen LogP) is 3.40. The third kappa shape index (κ3) is 4.66. The van der Waals surface area contributed by atoms with Crippen LogP contribution < -0.4 is 11.1 Å². The summed E-state index contributed by atoms with van der Waals surface area (Å²) in [5.74, 6) is 0.442. The van der Waals surface area contributed by atoms with Crippen molar-refractivity contribution in [1.82, 2.24) is 15.3 Å². The van der Waals surface area contributed by atoms with Crippen LogP contribution in [0.1, 0.15) is 28.0 Å². The fourth-order valence-electron chi connectivity index (χ4n) is 2.64. The van der Waals surface area contributed by atoms with Gasteiger partial charge in [-0.3, -0.25) is 9.78 Å². The third-order valence-electron chi connectivity index (χ3n) is 4.17. The lowest BCUT2D eigenvalue weighted by atomic mass is 10.0. The number of hydrogen-bond acceptors (Lipinski definition) is 4. The molecular weight excluding hydrogens is 324 g/mol. The minimum absolute atomic E-state index is 0.0799. The van der Waals surface area contributed by atoms with Crippen molar-refractivity contribution >= 4 is 11.7 Å². The molecule has 0 saturated heterocycles. The first-order valence-electron chi connectivity index (χ1n) is 8.63. The summed E-state index contributed by atoms with van der Waals surface area (Å²) in [6.07, 6.45) is 5.18. The number of nitrogens with zero attached hydrogens (tertiary/aromatic N) is 2. The second-order valence-corrected chi connectivity index (χ2v) is 6.22. The number of hydrogen-bond donors (Lipinski definition) is 2. The lowest BCUT2D eigenvalue weighted by Crippen LogP contribution is -2.24. The highest BCUT2D eigenvalue weighted by atomic mass is 16.1. The molecule has 2 aromatic heterocycles. The normalized spacial score (nSPS) is 10.5. The predicted molar refractivity (Wildman–Crippen MR) is 104 cm³/mol. The number of nitrogen functional groups attached to an aromatic ring is 1. The highest BCUT2D eigenvalue weighted by Gasteiger charge is 2.05. The van der Waals surface area contributed by atoms with E-state index < -0.39 is 0 Å². The molecule has 0 aliphatic rings. The zero-order valence-corrected chi connectivity index (χ0v) is 14.8. The van der Waals surface area contributed by atoms with Crippen molar-refractivity contribution < 1.29 is 4.79 Å². The minimum Gasteiger partial charge on any atom is -0.384 e. The second-order valence-electron chi connectivity index (χ2n) is 6.22. The molecule has 2 heterocycles. The summed E-state index contributed by atoms with van der Waals surface area (Å²) in [5.41, 5.74) is 10.5. The smallest absolute Gasteiger partial charge is 0.252 e. The van der Waals surface area contributed by atoms with Crippen molar-refractivity contribution in [2.75, 3.05) is 12.3 Å². The Balaban J connectivity index is 1.47. The van der Waals surface area contributed by atoms with Gasteiger partial charge in [0.05, 0.1) is 5.56 Å². The highest BCUT2D eigenvalue weighted by Crippen LogP contribution is 2.20. The standard InChI is InChI=1S/C21H22N4O/c1-15-4-7-19(14-24-15)21(26)23-12-2-3-16-5-8-17(9-6-16)18-10-11-20(22)25-13-18/h4-11,13-14H,2-3,12H2,1H3,(H2,22,25)(H,23,26). The molecule has 3 N–H and O–H groups in total. The van der Waals surface area contributed by atoms with E-state index in [1.165, 1.54) is 5.56 Å². The second kappa shape index (κ2) is 8.25. The van der Waals surface area contributed by atoms with E-state index in [0.717, 1.165) is 29.7 Å². The summed E-state index contributed by atoms with van der Waals surface area (Å²) in [4.78, 5) is 20.3. The molecule has 0 spiro atoms. The number of carbonyl (C=O) groups is 1. The van der Waals surface area contributed by atoms with Gasteiger partial charge in [-0.05, 0) is 55.2 Å². The van der Waals surface area contributed by atoms with Gasteiger partial charge in [0, 0.05) is 30.2 Å². The van der Waals surface area contributed by atoms with Gasteiger partial charge >= 0.3 is 0 Å². The van der Waals surface area contributed by atoms with Gasteiger partial charge in [0.15, 0.2) is 0 Å². The van der Waals surface area contributed by atoms with Crippen LogP contribution in [0.2, 0.25) is 0 Å². The highest BCUT2D eigenvalue weighted by molar-refractivity contribution is 5.93. The molecule has 3 aromatic rings. The first kappa shape index (κ1) is 17.6. The number of pyridine rings is 2. The molecule has 0 fully saturated rings. The van der Waals surface area contributed by atoms with Gasteiger partial charge in [0.25, 0.3) is 5.91 Å². The maximum atomic E-state index is 12.0. The van der Waals surface area contributed by atoms with Gasteiger partial charge in [-0.2, -0.15) is 0 Å². The Morgan fingerprint density at radius 3 is 2.38 bits per heavy atom. The Morgan fingerprint density at radius 1 is 0.962 bits per heavy atom. The monoisotopic (exact) mass is 346 g/mol. The molecule has 5 heteroatoms. The quantitative estimate of drug-likeness (QED) is 0.670. The Labute approximate surface area is 153 Å². The van der Waals surface area contributed by atoms with Crippen LogP contribution >= 0.6 is 0 Å². The van der Waals surface area contributed by atoms with Crippen LogP contribution in [0.15, 0.2) is 60.9 Å². The zero-order chi connectivity index (χ0) is 18.4. The Hall–Kier alpha value is -3.21. The van der Waals surface area contributed by atoms with Gasteiger partial charge in [-0.25, -0.2) is 4.98 Å². The molecule has 0 radical (unpaired) electrons. The number of nitrogens with one attached hydrogen (secondary N) is 1. The van der Waals surface area contributed by atoms with Crippen molar-refractivity contribution in [2.24, 2.45) is 0 Å². The van der Waals surface area contributed by atoms with Crippen molar-refractivity contribution in [2.45, 2.75) is 19.8 Å². The Morgan fingerprint density at radius 2 is 1.73 bits per heavy atom. The summed E-state index contributed by atoms with van der Waals surface area (Å²) >= 11 is 0. The van der Waals surface area contributed by atoms with Gasteiger partial charge in [0.2, 0.25) is 0 Å². The van der Waals surface area contributed by atoms with E-state index in [1.807, 2.05) is 19.1 Å². The summed E-state index contributed by atoms with van der Waals surface area (Å²) in [6, 6.07) is 15.8. The fraction of sp³-hybridized carbons (Fsp3) is 0.190. The maximum Gasteiger partial charge on any atom is 0.252 e. The average molecular weight is 346 g/mol. The molecule has 0 unspecified atom stereocenters. The molecule has 0 saturated carbocycles. The molecule has 0 aliphatic carbocycles. The van der Waals surface area contributed by atoms with Crippen LogP contribution in [-0.2, 0) is 6.42 Å². The minimum atomic E-state index is -0.0799. The molecule has 132 valence electrons. The van der Waals surface area contributed by atoms with Gasteiger partial charge in [-0.15, -0.1) is 0 Å². The Bertz CT molecular complexity index is 856. The van der Waals surface area contributed by atoms with Crippen LogP contribution in [0.25, 0.3) is 11.1 Å². The van der Waals surface area contributed by atoms with E-state index in [4.69, 9.17) is 5.73 Å². The molecule has 3 rings (SSSR count). The summed E-state index contributed by atoms with van der Waals surface area (Å²) < 4.78 is 0. The lowest BCUT2D eigenvalue weighted by molar-refractivity contribution is 0.0953. The van der Waals surface area contributed by atoms with Crippen LogP contribution in [0.5, 0.6) is 0 Å². The van der Waals surface area contributed by atoms with E-state index in [0.29, 0.717) is 17.9 Å². The SMILES string of the molecule is Cc1ccc(C(=O)NCCCc2ccc(-c3ccc(N)nc3)cc2)cn1. The fourth-order valence-corrected chi connectivity index (χ4v) is 2.64. The van der Waals surface area contributed by atoms with Crippen LogP contribution in [0.4, 0.5) is 5.82 Å². The summed E-state index contributed by atoms with van der Waals surface area (Å²) in [7, 11) is 0. The largest absolute Gasteiger partial charge is 0.384 e. The molecular formula is C21H22N4O. The van der Waals surface area contributed by atoms with Crippen molar-refractivity contribution in [3.63, 3.8) is 0 Å². The molecule has 5 nitrogen and oxygen atoms in total. The lowest BCUT2D eigenvalue weighted by Gasteiger charge is -2.07. The first-order chi connectivity index (χ1) is 12.6. The van der Waals surface area contributed by atoms with Gasteiger partial charge in [-0.1, -0.05) is 24.3 Å². The molecule has 1 amide bonds. The number of carbonyl (C=O) groups excluding carboxylic acids is 1. The molecule has 0 atom stereocenters. The maximum absolute atomic E-state index is 12.0. The van der Waals surface area contributed by atoms with Gasteiger partial charge in [0.1, 0.15) is 5.82 Å². The van der Waals surface area contributed by atoms with Gasteiger partial charge < -0.3 is 11.1 Å². The van der Waals surface area contributed by atoms with Crippen molar-refractivity contribution in [3.05, 3.63) is 77.7 Å². The van der Waals surface area contributed by atoms with Crippen LogP contribution in [-0.4, -0.2) is 22.4 Å². The van der Waals surface area contributed by atoms with E-state index in [2.05, 4.69) is 39.6 Å². The van der Waals surface area contributed by atoms with E-state index in [9.17, 15) is 4.79 Å². The first-order valence-corrected chi connectivity index (χ1v) is 8.63. The molecule has 1 aromatic carbocycles. The number of benzene rings is 1. The number of rotatable bonds is 6. The van der Waals surface area contributed by atoms with Crippen LogP contribution in [0, 0.1) is 6.92 Å². The van der Waals surface area contributed by atoms with Crippen molar-refractivity contribution in [1.29, 1.82) is 0 Å². The zero-order valence-electron chi connectivity index (χ0n) is 14.8. The number of aromatic nitrogens is 2. The van der Waals surface area contributed by atoms with E-state index >= 15 is 0 Å². The van der Waals surface area contributed by atoms with E-state index in [-0.39, 0.29) is 5.91 Å². The topological polar surface area (TPSA) is 80.9 Å². The molecule has 0 aliphatic heterocycles. The average Bonchev–Trinajstić information content (AvgIpc) is 2.67. The third-order valence-corrected chi connectivity index (χ3v) is 4.17. The molecule has 26 heavy (non-hydrogen) atoms. The van der Waals surface area contributed by atoms with E-state index in [1.54, 1.807) is 24.5 Å². The number of nitrogens with two attached hydrogens (primary N) is 1. The van der Waals surface area contributed by atoms with Crippen LogP contribution in [0.3, 0.4) is 0 Å². The number of aryl methyl sites for hydroxylation is 2. The number of anilines is 1. The Kier molecular flexibility index (Phi) is 5.59. The van der Waals surface area contributed by atoms with Crippen molar-refractivity contribution in [3.8, 4) is 11.1 Å². The summed E-state index contributed by atoms with van der Waals surface area (Å²) in [5, 5.41) is 2.93. The molecule has 0 bridgehead atoms.